The third kappa shape index (κ3) is 2.83. The van der Waals surface area contributed by atoms with Gasteiger partial charge in [0.1, 0.15) is 0 Å². The fourth-order valence-electron chi connectivity index (χ4n) is 0.823. The fraction of sp³-hybridized carbons (Fsp3) is 0.429. The molecule has 2 N–H and O–H groups in total. The van der Waals surface area contributed by atoms with Crippen LogP contribution in [0.4, 0.5) is 13.2 Å². The van der Waals surface area contributed by atoms with E-state index in [2.05, 4.69) is 0 Å². The highest BCUT2D eigenvalue weighted by Crippen LogP contribution is 2.25. The molecule has 1 heterocycles. The molecule has 0 bridgehead atoms. The van der Waals surface area contributed by atoms with Crippen LogP contribution in [0.25, 0.3) is 0 Å². The second-order valence-corrected chi connectivity index (χ2v) is 3.41. The van der Waals surface area contributed by atoms with Crippen molar-refractivity contribution in [3.8, 4) is 0 Å². The molecule has 1 rings (SSSR count). The van der Waals surface area contributed by atoms with E-state index in [0.717, 1.165) is 16.9 Å². The molecule has 0 radical (unpaired) electrons. The lowest BCUT2D eigenvalue weighted by molar-refractivity contribution is -0.126. The molecule has 5 heteroatoms. The topological polar surface area (TPSA) is 26.0 Å². The van der Waals surface area contributed by atoms with Crippen LogP contribution in [0.5, 0.6) is 0 Å². The molecule has 0 fully saturated rings. The molecule has 0 atom stereocenters. The lowest BCUT2D eigenvalue weighted by Crippen LogP contribution is -2.10. The molecule has 1 nitrogen and oxygen atoms in total. The standard InChI is InChI=1S/C7H8F3NS/c8-7(9,10)2-6-1-5(3-11)4-12-6/h1,4H,2-3,11H2. The maximum absolute atomic E-state index is 11.8. The van der Waals surface area contributed by atoms with Gasteiger partial charge in [0.2, 0.25) is 0 Å². The van der Waals surface area contributed by atoms with E-state index in [1.165, 1.54) is 6.07 Å². The summed E-state index contributed by atoms with van der Waals surface area (Å²) in [5.41, 5.74) is 6.02. The molecule has 0 aliphatic heterocycles. The van der Waals surface area contributed by atoms with Crippen molar-refractivity contribution in [1.29, 1.82) is 0 Å². The van der Waals surface area contributed by atoms with Crippen molar-refractivity contribution in [2.75, 3.05) is 0 Å². The van der Waals surface area contributed by atoms with Crippen LogP contribution < -0.4 is 5.73 Å². The van der Waals surface area contributed by atoms with Gasteiger partial charge in [-0.15, -0.1) is 11.3 Å². The SMILES string of the molecule is NCc1csc(CC(F)(F)F)c1. The largest absolute Gasteiger partial charge is 0.393 e. The van der Waals surface area contributed by atoms with Crippen molar-refractivity contribution in [1.82, 2.24) is 0 Å². The molecule has 0 aromatic carbocycles. The smallest absolute Gasteiger partial charge is 0.326 e. The van der Waals surface area contributed by atoms with Gasteiger partial charge in [0.05, 0.1) is 6.42 Å². The number of thiophene rings is 1. The average molecular weight is 195 g/mol. The first kappa shape index (κ1) is 9.54. The number of hydrogen-bond acceptors (Lipinski definition) is 2. The minimum absolute atomic E-state index is 0.300. The predicted octanol–water partition coefficient (Wildman–Crippen LogP) is 2.31. The Morgan fingerprint density at radius 2 is 2.08 bits per heavy atom. The molecular formula is C7H8F3NS. The number of hydrogen-bond donors (Lipinski definition) is 1. The van der Waals surface area contributed by atoms with Crippen LogP contribution in [-0.2, 0) is 13.0 Å². The van der Waals surface area contributed by atoms with E-state index in [-0.39, 0.29) is 0 Å². The van der Waals surface area contributed by atoms with E-state index in [1.54, 1.807) is 5.38 Å². The predicted molar refractivity (Wildman–Crippen MR) is 42.0 cm³/mol. The van der Waals surface area contributed by atoms with Crippen LogP contribution in [0.15, 0.2) is 11.4 Å². The summed E-state index contributed by atoms with van der Waals surface area (Å²) in [5.74, 6) is 0. The van der Waals surface area contributed by atoms with E-state index in [4.69, 9.17) is 5.73 Å². The normalized spacial score (nSPS) is 12.0. The second-order valence-electron chi connectivity index (χ2n) is 2.42. The van der Waals surface area contributed by atoms with Crippen LogP contribution >= 0.6 is 11.3 Å². The highest BCUT2D eigenvalue weighted by molar-refractivity contribution is 7.10. The van der Waals surface area contributed by atoms with Gasteiger partial charge < -0.3 is 5.73 Å². The van der Waals surface area contributed by atoms with Gasteiger partial charge in [0.15, 0.2) is 0 Å². The molecule has 0 saturated heterocycles. The maximum Gasteiger partial charge on any atom is 0.393 e. The Kier molecular flexibility index (Phi) is 2.74. The van der Waals surface area contributed by atoms with Crippen LogP contribution in [0.3, 0.4) is 0 Å². The van der Waals surface area contributed by atoms with E-state index in [9.17, 15) is 13.2 Å². The van der Waals surface area contributed by atoms with Gasteiger partial charge in [-0.1, -0.05) is 0 Å². The molecule has 0 saturated carbocycles. The van der Waals surface area contributed by atoms with Gasteiger partial charge in [-0.05, 0) is 17.0 Å². The summed E-state index contributed by atoms with van der Waals surface area (Å²) in [6, 6.07) is 1.50. The molecule has 0 spiro atoms. The Hall–Kier alpha value is -0.550. The monoisotopic (exact) mass is 195 g/mol. The third-order valence-corrected chi connectivity index (χ3v) is 2.30. The van der Waals surface area contributed by atoms with Crippen molar-refractivity contribution in [2.24, 2.45) is 5.73 Å². The Morgan fingerprint density at radius 3 is 2.50 bits per heavy atom. The Labute approximate surface area is 72.0 Å². The average Bonchev–Trinajstić information content (AvgIpc) is 2.32. The summed E-state index contributed by atoms with van der Waals surface area (Å²) in [4.78, 5) is 0.322. The van der Waals surface area contributed by atoms with Crippen molar-refractivity contribution in [3.63, 3.8) is 0 Å². The maximum atomic E-state index is 11.8. The molecule has 0 aliphatic rings. The first-order valence-corrected chi connectivity index (χ1v) is 4.22. The molecule has 68 valence electrons. The Bertz CT molecular complexity index is 253. The first-order valence-electron chi connectivity index (χ1n) is 3.34. The van der Waals surface area contributed by atoms with Gasteiger partial charge in [-0.25, -0.2) is 0 Å². The number of nitrogens with two attached hydrogens (primary N) is 1. The summed E-state index contributed by atoms with van der Waals surface area (Å²) in [5, 5.41) is 1.65. The van der Waals surface area contributed by atoms with Crippen molar-refractivity contribution < 1.29 is 13.2 Å². The zero-order chi connectivity index (χ0) is 9.19. The highest BCUT2D eigenvalue weighted by atomic mass is 32.1. The Morgan fingerprint density at radius 1 is 1.42 bits per heavy atom. The van der Waals surface area contributed by atoms with Crippen LogP contribution in [-0.4, -0.2) is 6.18 Å². The van der Waals surface area contributed by atoms with Gasteiger partial charge in [-0.2, -0.15) is 13.2 Å². The molecular weight excluding hydrogens is 187 g/mol. The molecule has 1 aromatic heterocycles. The molecule has 0 aliphatic carbocycles. The summed E-state index contributed by atoms with van der Waals surface area (Å²) in [6.45, 7) is 0.300. The Balaban J connectivity index is 2.64. The van der Waals surface area contributed by atoms with E-state index in [1.807, 2.05) is 0 Å². The van der Waals surface area contributed by atoms with Crippen molar-refractivity contribution in [3.05, 3.63) is 21.9 Å². The number of halogens is 3. The zero-order valence-electron chi connectivity index (χ0n) is 6.19. The fourth-order valence-corrected chi connectivity index (χ4v) is 1.76. The van der Waals surface area contributed by atoms with Gasteiger partial charge in [-0.3, -0.25) is 0 Å². The quantitative estimate of drug-likeness (QED) is 0.770. The minimum atomic E-state index is -4.11. The zero-order valence-corrected chi connectivity index (χ0v) is 7.00. The van der Waals surface area contributed by atoms with Gasteiger partial charge in [0, 0.05) is 11.4 Å². The van der Waals surface area contributed by atoms with E-state index in [0.29, 0.717) is 11.4 Å². The lowest BCUT2D eigenvalue weighted by Gasteiger charge is -2.02. The van der Waals surface area contributed by atoms with Crippen LogP contribution in [0, 0.1) is 0 Å². The lowest BCUT2D eigenvalue weighted by atomic mass is 10.3. The first-order chi connectivity index (χ1) is 5.51. The molecule has 1 aromatic rings. The summed E-state index contributed by atoms with van der Waals surface area (Å²) in [7, 11) is 0. The highest BCUT2D eigenvalue weighted by Gasteiger charge is 2.28. The van der Waals surface area contributed by atoms with Crippen LogP contribution in [0.2, 0.25) is 0 Å². The third-order valence-electron chi connectivity index (χ3n) is 1.32. The number of rotatable bonds is 2. The van der Waals surface area contributed by atoms with Crippen molar-refractivity contribution in [2.45, 2.75) is 19.1 Å². The van der Waals surface area contributed by atoms with Crippen molar-refractivity contribution >= 4 is 11.3 Å². The second kappa shape index (κ2) is 3.45. The van der Waals surface area contributed by atoms with E-state index < -0.39 is 12.6 Å². The summed E-state index contributed by atoms with van der Waals surface area (Å²) in [6.07, 6.45) is -4.96. The minimum Gasteiger partial charge on any atom is -0.326 e. The van der Waals surface area contributed by atoms with Crippen LogP contribution in [0.1, 0.15) is 10.4 Å². The van der Waals surface area contributed by atoms with E-state index >= 15 is 0 Å². The summed E-state index contributed by atoms with van der Waals surface area (Å²) < 4.78 is 35.5. The summed E-state index contributed by atoms with van der Waals surface area (Å²) >= 11 is 1.10. The molecule has 0 amide bonds. The van der Waals surface area contributed by atoms with Gasteiger partial charge >= 0.3 is 6.18 Å². The number of alkyl halides is 3. The molecule has 12 heavy (non-hydrogen) atoms. The molecule has 0 unspecified atom stereocenters. The van der Waals surface area contributed by atoms with Gasteiger partial charge in [0.25, 0.3) is 0 Å².